The molecule has 0 radical (unpaired) electrons. The van der Waals surface area contributed by atoms with Crippen LogP contribution >= 0.6 is 12.1 Å². The minimum atomic E-state index is 0.722. The maximum absolute atomic E-state index is 5.35. The molecule has 20 heavy (non-hydrogen) atoms. The largest absolute Gasteiger partial charge is 0.354 e. The van der Waals surface area contributed by atoms with Gasteiger partial charge in [-0.3, -0.25) is 9.86 Å². The number of aromatic nitrogens is 3. The van der Waals surface area contributed by atoms with Crippen molar-refractivity contribution in [3.8, 4) is 0 Å². The zero-order valence-corrected chi connectivity index (χ0v) is 12.7. The summed E-state index contributed by atoms with van der Waals surface area (Å²) in [5, 5.41) is 9.78. The highest BCUT2D eigenvalue weighted by Gasteiger charge is 2.29. The molecule has 0 bridgehead atoms. The van der Waals surface area contributed by atoms with Gasteiger partial charge in [-0.25, -0.2) is 9.50 Å². The quantitative estimate of drug-likeness (QED) is 0.639. The molecule has 1 aliphatic heterocycles. The van der Waals surface area contributed by atoms with Gasteiger partial charge in [0.25, 0.3) is 0 Å². The third kappa shape index (κ3) is 2.48. The molecule has 3 heterocycles. The molecule has 0 saturated carbocycles. The number of fused-ring (bicyclic) bond motifs is 1. The summed E-state index contributed by atoms with van der Waals surface area (Å²) in [4.78, 5) is 6.99. The van der Waals surface area contributed by atoms with E-state index in [1.165, 1.54) is 17.7 Å². The molecule has 6 nitrogen and oxygen atoms in total. The van der Waals surface area contributed by atoms with Crippen molar-refractivity contribution in [2.75, 3.05) is 24.5 Å². The van der Waals surface area contributed by atoms with Crippen molar-refractivity contribution in [3.05, 3.63) is 23.7 Å². The zero-order valence-electron chi connectivity index (χ0n) is 11.8. The lowest BCUT2D eigenvalue weighted by Crippen LogP contribution is -2.48. The van der Waals surface area contributed by atoms with Gasteiger partial charge in [0.1, 0.15) is 11.3 Å². The van der Waals surface area contributed by atoms with Gasteiger partial charge in [-0.1, -0.05) is 0 Å². The van der Waals surface area contributed by atoms with Crippen LogP contribution in [0.5, 0.6) is 0 Å². The molecule has 108 valence electrons. The molecule has 0 spiro atoms. The van der Waals surface area contributed by atoms with E-state index in [-0.39, 0.29) is 0 Å². The maximum Gasteiger partial charge on any atom is 0.157 e. The van der Waals surface area contributed by atoms with E-state index < -0.39 is 0 Å². The molecule has 3 N–H and O–H groups in total. The smallest absolute Gasteiger partial charge is 0.157 e. The summed E-state index contributed by atoms with van der Waals surface area (Å²) in [5.74, 6) is 2.60. The van der Waals surface area contributed by atoms with Gasteiger partial charge in [0.2, 0.25) is 0 Å². The van der Waals surface area contributed by atoms with Crippen molar-refractivity contribution in [2.24, 2.45) is 11.1 Å². The van der Waals surface area contributed by atoms with Crippen LogP contribution in [-0.2, 0) is 0 Å². The van der Waals surface area contributed by atoms with Crippen LogP contribution in [0.25, 0.3) is 5.52 Å². The fourth-order valence-electron chi connectivity index (χ4n) is 2.73. The molecule has 0 unspecified atom stereocenters. The molecule has 1 saturated heterocycles. The van der Waals surface area contributed by atoms with Gasteiger partial charge in [0.05, 0.1) is 0 Å². The van der Waals surface area contributed by atoms with Crippen LogP contribution in [0, 0.1) is 19.8 Å². The molecule has 2 aromatic rings. The summed E-state index contributed by atoms with van der Waals surface area (Å²) in [6, 6.07) is 2.09. The second-order valence-corrected chi connectivity index (χ2v) is 5.87. The highest BCUT2D eigenvalue weighted by Crippen LogP contribution is 2.30. The van der Waals surface area contributed by atoms with Gasteiger partial charge in [-0.05, 0) is 37.8 Å². The van der Waals surface area contributed by atoms with Gasteiger partial charge in [-0.15, -0.1) is 0 Å². The van der Waals surface area contributed by atoms with E-state index in [1.807, 2.05) is 17.6 Å². The summed E-state index contributed by atoms with van der Waals surface area (Å²) < 4.78 is 5.03. The number of anilines is 1. The summed E-state index contributed by atoms with van der Waals surface area (Å²) in [6.45, 7) is 7.14. The van der Waals surface area contributed by atoms with E-state index in [1.54, 1.807) is 0 Å². The average molecular weight is 292 g/mol. The average Bonchev–Trinajstić information content (AvgIpc) is 2.73. The molecule has 1 fully saturated rings. The summed E-state index contributed by atoms with van der Waals surface area (Å²) in [6.07, 6.45) is 3.16. The summed E-state index contributed by atoms with van der Waals surface area (Å²) in [5.41, 5.74) is 2.36. The number of nitrogens with two attached hydrogens (primary N) is 1. The molecule has 3 rings (SSSR count). The molecule has 0 atom stereocenters. The number of hydrogen-bond donors (Lipinski definition) is 2. The van der Waals surface area contributed by atoms with Gasteiger partial charge in [0.15, 0.2) is 5.82 Å². The Morgan fingerprint density at radius 1 is 1.45 bits per heavy atom. The second kappa shape index (κ2) is 5.59. The van der Waals surface area contributed by atoms with Crippen molar-refractivity contribution < 1.29 is 0 Å². The predicted octanol–water partition coefficient (Wildman–Crippen LogP) is 1.28. The Hall–Kier alpha value is -1.31. The van der Waals surface area contributed by atoms with Crippen molar-refractivity contribution in [1.29, 1.82) is 0 Å². The minimum Gasteiger partial charge on any atom is -0.354 e. The van der Waals surface area contributed by atoms with Crippen LogP contribution in [0.15, 0.2) is 12.3 Å². The Morgan fingerprint density at radius 2 is 2.25 bits per heavy atom. The van der Waals surface area contributed by atoms with Gasteiger partial charge < -0.3 is 4.90 Å². The van der Waals surface area contributed by atoms with Crippen molar-refractivity contribution in [2.45, 2.75) is 20.3 Å². The van der Waals surface area contributed by atoms with Crippen molar-refractivity contribution >= 4 is 23.5 Å². The predicted molar refractivity (Wildman–Crippen MR) is 82.6 cm³/mol. The highest BCUT2D eigenvalue weighted by molar-refractivity contribution is 7.95. The molecule has 2 aromatic heterocycles. The van der Waals surface area contributed by atoms with E-state index in [4.69, 9.17) is 5.14 Å². The number of nitrogens with one attached hydrogen (secondary N) is 1. The van der Waals surface area contributed by atoms with Gasteiger partial charge in [0, 0.05) is 38.0 Å². The lowest BCUT2D eigenvalue weighted by Gasteiger charge is -2.40. The van der Waals surface area contributed by atoms with E-state index >= 15 is 0 Å². The lowest BCUT2D eigenvalue weighted by atomic mass is 9.96. The zero-order chi connectivity index (χ0) is 14.1. The highest BCUT2D eigenvalue weighted by atomic mass is 32.2. The van der Waals surface area contributed by atoms with Crippen LogP contribution in [0.2, 0.25) is 0 Å². The first-order chi connectivity index (χ1) is 9.69. The van der Waals surface area contributed by atoms with Crippen molar-refractivity contribution in [3.63, 3.8) is 0 Å². The van der Waals surface area contributed by atoms with Gasteiger partial charge >= 0.3 is 0 Å². The molecule has 7 heteroatoms. The molecule has 0 amide bonds. The van der Waals surface area contributed by atoms with Crippen LogP contribution in [0.1, 0.15) is 17.8 Å². The Bertz CT molecular complexity index is 604. The van der Waals surface area contributed by atoms with E-state index in [0.717, 1.165) is 49.1 Å². The Labute approximate surface area is 123 Å². The van der Waals surface area contributed by atoms with Crippen LogP contribution in [-0.4, -0.2) is 34.2 Å². The first kappa shape index (κ1) is 13.7. The third-order valence-electron chi connectivity index (χ3n) is 3.80. The third-order valence-corrected chi connectivity index (χ3v) is 4.17. The fraction of sp³-hybridized carbons (Fsp3) is 0.538. The van der Waals surface area contributed by atoms with Crippen LogP contribution in [0.3, 0.4) is 0 Å². The number of nitrogens with zero attached hydrogens (tertiary/aromatic N) is 4. The molecule has 1 aliphatic rings. The van der Waals surface area contributed by atoms with Crippen molar-refractivity contribution in [1.82, 2.24) is 19.3 Å². The molecular weight excluding hydrogens is 272 g/mol. The lowest BCUT2D eigenvalue weighted by molar-refractivity contribution is 0.383. The number of hydrogen-bond acceptors (Lipinski definition) is 6. The first-order valence-electron chi connectivity index (χ1n) is 6.85. The van der Waals surface area contributed by atoms with Crippen LogP contribution in [0.4, 0.5) is 5.82 Å². The normalized spacial score (nSPS) is 15.8. The second-order valence-electron chi connectivity index (χ2n) is 5.35. The molecular formula is C13H20N6S. The van der Waals surface area contributed by atoms with Gasteiger partial charge in [-0.2, -0.15) is 5.10 Å². The maximum atomic E-state index is 5.35. The Morgan fingerprint density at radius 3 is 3.00 bits per heavy atom. The van der Waals surface area contributed by atoms with Crippen LogP contribution < -0.4 is 14.8 Å². The first-order valence-corrected chi connectivity index (χ1v) is 7.73. The summed E-state index contributed by atoms with van der Waals surface area (Å²) in [7, 11) is 0. The Kier molecular flexibility index (Phi) is 3.82. The summed E-state index contributed by atoms with van der Waals surface area (Å²) >= 11 is 1.19. The number of aryl methyl sites for hydroxylation is 2. The molecule has 0 aromatic carbocycles. The minimum absolute atomic E-state index is 0.722. The number of rotatable bonds is 5. The standard InChI is InChI=1S/C13H20N6S/c1-9-4-6-19-12(9)13(16-10(2)17-19)18-7-11(8-18)3-5-15-20-14/h4,6,11,15H,3,5,7-8,14H2,1-2H3. The Balaban J connectivity index is 1.74. The van der Waals surface area contributed by atoms with E-state index in [0.29, 0.717) is 0 Å². The SMILES string of the molecule is Cc1nc(N2CC(CCNSN)C2)c2c(C)ccn2n1. The molecule has 0 aliphatic carbocycles. The fourth-order valence-corrected chi connectivity index (χ4v) is 2.97. The van der Waals surface area contributed by atoms with E-state index in [2.05, 4.69) is 32.7 Å². The van der Waals surface area contributed by atoms with E-state index in [9.17, 15) is 0 Å². The topological polar surface area (TPSA) is 71.5 Å². The monoisotopic (exact) mass is 292 g/mol.